The lowest BCUT2D eigenvalue weighted by Gasteiger charge is -2.39. The Hall–Kier alpha value is -0.650. The number of rotatable bonds is 7. The fraction of sp³-hybridized carbons (Fsp3) is 0.929. The predicted octanol–water partition coefficient (Wildman–Crippen LogP) is 1.03. The molecule has 1 fully saturated rings. The van der Waals surface area contributed by atoms with E-state index in [2.05, 4.69) is 10.2 Å². The van der Waals surface area contributed by atoms with Crippen molar-refractivity contribution in [1.82, 2.24) is 10.2 Å². The van der Waals surface area contributed by atoms with Crippen molar-refractivity contribution in [3.8, 4) is 0 Å². The normalized spacial score (nSPS) is 27.5. The largest absolute Gasteiger partial charge is 0.465 e. The van der Waals surface area contributed by atoms with E-state index < -0.39 is 5.54 Å². The van der Waals surface area contributed by atoms with Crippen LogP contribution in [-0.2, 0) is 14.3 Å². The van der Waals surface area contributed by atoms with Crippen LogP contribution >= 0.6 is 0 Å². The van der Waals surface area contributed by atoms with Crippen molar-refractivity contribution >= 4 is 5.97 Å². The zero-order valence-corrected chi connectivity index (χ0v) is 12.7. The Morgan fingerprint density at radius 1 is 1.47 bits per heavy atom. The van der Waals surface area contributed by atoms with Crippen molar-refractivity contribution in [1.29, 1.82) is 0 Å². The Labute approximate surface area is 116 Å². The summed E-state index contributed by atoms with van der Waals surface area (Å²) in [7, 11) is 5.76. The molecule has 0 aliphatic heterocycles. The molecule has 1 aliphatic rings. The molecule has 112 valence electrons. The van der Waals surface area contributed by atoms with E-state index in [0.29, 0.717) is 13.0 Å². The fourth-order valence-electron chi connectivity index (χ4n) is 2.63. The second-order valence-corrected chi connectivity index (χ2v) is 5.49. The van der Waals surface area contributed by atoms with Crippen LogP contribution in [0.4, 0.5) is 0 Å². The Bertz CT molecular complexity index is 284. The molecule has 2 atom stereocenters. The molecule has 1 aliphatic carbocycles. The summed E-state index contributed by atoms with van der Waals surface area (Å²) in [5, 5.41) is 3.42. The van der Waals surface area contributed by atoms with Gasteiger partial charge in [-0.3, -0.25) is 4.79 Å². The van der Waals surface area contributed by atoms with Gasteiger partial charge in [0.05, 0.1) is 12.7 Å². The molecule has 0 heterocycles. The molecular weight excluding hydrogens is 244 g/mol. The number of ether oxygens (including phenoxy) is 2. The molecule has 5 heteroatoms. The number of methoxy groups -OCH3 is 1. The average molecular weight is 272 g/mol. The highest BCUT2D eigenvalue weighted by Crippen LogP contribution is 2.31. The van der Waals surface area contributed by atoms with Crippen molar-refractivity contribution < 1.29 is 14.3 Å². The van der Waals surface area contributed by atoms with Gasteiger partial charge in [-0.05, 0) is 40.3 Å². The van der Waals surface area contributed by atoms with Crippen molar-refractivity contribution in [2.45, 2.75) is 44.2 Å². The summed E-state index contributed by atoms with van der Waals surface area (Å²) in [6.45, 7) is 3.96. The second kappa shape index (κ2) is 7.82. The van der Waals surface area contributed by atoms with Crippen LogP contribution < -0.4 is 5.32 Å². The van der Waals surface area contributed by atoms with Gasteiger partial charge in [-0.2, -0.15) is 0 Å². The van der Waals surface area contributed by atoms with E-state index in [1.807, 2.05) is 21.0 Å². The zero-order chi connectivity index (χ0) is 14.3. The molecule has 0 radical (unpaired) electrons. The smallest absolute Gasteiger partial charge is 0.326 e. The highest BCUT2D eigenvalue weighted by atomic mass is 16.5. The third-order valence-electron chi connectivity index (χ3n) is 3.73. The van der Waals surface area contributed by atoms with Gasteiger partial charge in [0.15, 0.2) is 0 Å². The number of nitrogens with zero attached hydrogens (tertiary/aromatic N) is 1. The molecule has 19 heavy (non-hydrogen) atoms. The summed E-state index contributed by atoms with van der Waals surface area (Å²) in [6.07, 6.45) is 3.69. The minimum atomic E-state index is -0.565. The number of carbonyl (C=O) groups is 1. The number of hydrogen-bond acceptors (Lipinski definition) is 5. The third kappa shape index (κ3) is 4.75. The van der Waals surface area contributed by atoms with Crippen LogP contribution in [0, 0.1) is 0 Å². The molecule has 1 rings (SSSR count). The Balaban J connectivity index is 2.68. The van der Waals surface area contributed by atoms with E-state index >= 15 is 0 Å². The van der Waals surface area contributed by atoms with Crippen molar-refractivity contribution in [3.63, 3.8) is 0 Å². The van der Waals surface area contributed by atoms with Crippen molar-refractivity contribution in [2.24, 2.45) is 0 Å². The molecule has 0 aromatic heterocycles. The number of nitrogens with one attached hydrogen (secondary N) is 1. The van der Waals surface area contributed by atoms with Crippen LogP contribution in [-0.4, -0.2) is 63.4 Å². The summed E-state index contributed by atoms with van der Waals surface area (Å²) in [6, 6.07) is 0. The van der Waals surface area contributed by atoms with E-state index in [9.17, 15) is 4.79 Å². The van der Waals surface area contributed by atoms with Gasteiger partial charge in [-0.1, -0.05) is 0 Å². The summed E-state index contributed by atoms with van der Waals surface area (Å²) >= 11 is 0. The predicted molar refractivity (Wildman–Crippen MR) is 75.2 cm³/mol. The lowest BCUT2D eigenvalue weighted by molar-refractivity contribution is -0.155. The molecule has 0 bridgehead atoms. The lowest BCUT2D eigenvalue weighted by Crippen LogP contribution is -2.58. The van der Waals surface area contributed by atoms with Crippen LogP contribution in [0.15, 0.2) is 0 Å². The standard InChI is InChI=1S/C14H28N2O3/c1-5-19-13(17)14(15-9-10-16(2)3)8-6-7-12(11-14)18-4/h12,15H,5-11H2,1-4H3. The molecule has 0 spiro atoms. The summed E-state index contributed by atoms with van der Waals surface area (Å²) in [4.78, 5) is 14.4. The van der Waals surface area contributed by atoms with Gasteiger partial charge in [0.1, 0.15) is 5.54 Å². The number of likely N-dealkylation sites (N-methyl/N-ethyl adjacent to an activating group) is 1. The fourth-order valence-corrected chi connectivity index (χ4v) is 2.63. The van der Waals surface area contributed by atoms with Crippen molar-refractivity contribution in [2.75, 3.05) is 40.9 Å². The number of hydrogen-bond donors (Lipinski definition) is 1. The minimum Gasteiger partial charge on any atom is -0.465 e. The van der Waals surface area contributed by atoms with E-state index in [1.54, 1.807) is 7.11 Å². The van der Waals surface area contributed by atoms with Gasteiger partial charge >= 0.3 is 5.97 Å². The Kier molecular flexibility index (Phi) is 6.75. The number of esters is 1. The first-order chi connectivity index (χ1) is 9.04. The Morgan fingerprint density at radius 3 is 2.79 bits per heavy atom. The maximum Gasteiger partial charge on any atom is 0.326 e. The van der Waals surface area contributed by atoms with Gasteiger partial charge < -0.3 is 19.7 Å². The van der Waals surface area contributed by atoms with E-state index in [0.717, 1.165) is 32.4 Å². The van der Waals surface area contributed by atoms with E-state index in [-0.39, 0.29) is 12.1 Å². The first-order valence-electron chi connectivity index (χ1n) is 7.14. The topological polar surface area (TPSA) is 50.8 Å². The molecule has 2 unspecified atom stereocenters. The van der Waals surface area contributed by atoms with Gasteiger partial charge in [-0.25, -0.2) is 0 Å². The summed E-state index contributed by atoms with van der Waals surface area (Å²) < 4.78 is 10.7. The molecule has 1 N–H and O–H groups in total. The molecular formula is C14H28N2O3. The number of carbonyl (C=O) groups excluding carboxylic acids is 1. The first kappa shape index (κ1) is 16.4. The molecule has 0 aromatic carbocycles. The molecule has 0 saturated heterocycles. The molecule has 5 nitrogen and oxygen atoms in total. The van der Waals surface area contributed by atoms with Gasteiger partial charge in [0.2, 0.25) is 0 Å². The second-order valence-electron chi connectivity index (χ2n) is 5.49. The van der Waals surface area contributed by atoms with E-state index in [1.165, 1.54) is 0 Å². The van der Waals surface area contributed by atoms with Gasteiger partial charge in [0.25, 0.3) is 0 Å². The monoisotopic (exact) mass is 272 g/mol. The average Bonchev–Trinajstić information content (AvgIpc) is 2.38. The maximum atomic E-state index is 12.3. The van der Waals surface area contributed by atoms with Crippen LogP contribution in [0.2, 0.25) is 0 Å². The minimum absolute atomic E-state index is 0.129. The highest BCUT2D eigenvalue weighted by Gasteiger charge is 2.43. The van der Waals surface area contributed by atoms with Crippen LogP contribution in [0.5, 0.6) is 0 Å². The van der Waals surface area contributed by atoms with Crippen LogP contribution in [0.25, 0.3) is 0 Å². The lowest BCUT2D eigenvalue weighted by atomic mass is 9.80. The molecule has 0 amide bonds. The van der Waals surface area contributed by atoms with Gasteiger partial charge in [-0.15, -0.1) is 0 Å². The van der Waals surface area contributed by atoms with Crippen LogP contribution in [0.3, 0.4) is 0 Å². The first-order valence-corrected chi connectivity index (χ1v) is 7.14. The zero-order valence-electron chi connectivity index (χ0n) is 12.7. The quantitative estimate of drug-likeness (QED) is 0.702. The third-order valence-corrected chi connectivity index (χ3v) is 3.73. The molecule has 1 saturated carbocycles. The highest BCUT2D eigenvalue weighted by molar-refractivity contribution is 5.81. The Morgan fingerprint density at radius 2 is 2.21 bits per heavy atom. The van der Waals surface area contributed by atoms with Gasteiger partial charge in [0, 0.05) is 26.6 Å². The summed E-state index contributed by atoms with van der Waals surface area (Å²) in [5.74, 6) is -0.129. The van der Waals surface area contributed by atoms with Crippen molar-refractivity contribution in [3.05, 3.63) is 0 Å². The van der Waals surface area contributed by atoms with E-state index in [4.69, 9.17) is 9.47 Å². The molecule has 0 aromatic rings. The summed E-state index contributed by atoms with van der Waals surface area (Å²) in [5.41, 5.74) is -0.565. The van der Waals surface area contributed by atoms with Crippen LogP contribution in [0.1, 0.15) is 32.6 Å². The maximum absolute atomic E-state index is 12.3. The SMILES string of the molecule is CCOC(=O)C1(NCCN(C)C)CCCC(OC)C1.